The van der Waals surface area contributed by atoms with Crippen molar-refractivity contribution in [2.75, 3.05) is 35.0 Å². The Balaban J connectivity index is 1.95. The molecule has 0 radical (unpaired) electrons. The number of carboxylic acid groups (broad SMARTS) is 1. The Kier molecular flexibility index (Phi) is 7.02. The number of carboxylic acids is 1. The second-order valence-electron chi connectivity index (χ2n) is 8.10. The fourth-order valence-electron chi connectivity index (χ4n) is 4.64. The van der Waals surface area contributed by atoms with Crippen LogP contribution < -0.4 is 29.0 Å². The topological polar surface area (TPSA) is 95.5 Å². The van der Waals surface area contributed by atoms with Gasteiger partial charge in [-0.2, -0.15) is 0 Å². The van der Waals surface area contributed by atoms with Crippen molar-refractivity contribution in [3.63, 3.8) is 0 Å². The van der Waals surface area contributed by atoms with Crippen LogP contribution in [0.4, 0.5) is 0 Å². The summed E-state index contributed by atoms with van der Waals surface area (Å²) in [6, 6.07) is 18.1. The van der Waals surface area contributed by atoms with Gasteiger partial charge in [-0.3, -0.25) is 5.32 Å². The minimum absolute atomic E-state index is 0.304. The summed E-state index contributed by atoms with van der Waals surface area (Å²) >= 11 is 0. The molecule has 8 heteroatoms. The SMILES string of the molecule is COc1cc(OC)cc(O[C@H](C(=O)O)[C@@]2(c3ccccc3)NCCc3cc(OC)c(OC)cc32)c1. The number of hydrogen-bond acceptors (Lipinski definition) is 7. The minimum Gasteiger partial charge on any atom is -0.496 e. The third-order valence-corrected chi connectivity index (χ3v) is 6.26. The van der Waals surface area contributed by atoms with E-state index in [-0.39, 0.29) is 0 Å². The van der Waals surface area contributed by atoms with Gasteiger partial charge in [-0.1, -0.05) is 30.3 Å². The van der Waals surface area contributed by atoms with E-state index in [9.17, 15) is 9.90 Å². The molecule has 0 aliphatic carbocycles. The third kappa shape index (κ3) is 4.44. The summed E-state index contributed by atoms with van der Waals surface area (Å²) in [6.45, 7) is 0.534. The first-order valence-electron chi connectivity index (χ1n) is 11.1. The molecule has 0 unspecified atom stereocenters. The highest BCUT2D eigenvalue weighted by Crippen LogP contribution is 2.44. The Bertz CT molecular complexity index is 1180. The molecular weight excluding hydrogens is 450 g/mol. The fraction of sp³-hybridized carbons (Fsp3) is 0.296. The summed E-state index contributed by atoms with van der Waals surface area (Å²) in [6.07, 6.45) is -0.664. The van der Waals surface area contributed by atoms with Crippen LogP contribution in [0.2, 0.25) is 0 Å². The maximum absolute atomic E-state index is 12.9. The maximum atomic E-state index is 12.9. The summed E-state index contributed by atoms with van der Waals surface area (Å²) in [4.78, 5) is 12.9. The molecule has 2 N–H and O–H groups in total. The van der Waals surface area contributed by atoms with Crippen LogP contribution in [-0.2, 0) is 16.8 Å². The van der Waals surface area contributed by atoms with Gasteiger partial charge in [0.25, 0.3) is 0 Å². The van der Waals surface area contributed by atoms with Crippen LogP contribution in [0.5, 0.6) is 28.7 Å². The van der Waals surface area contributed by atoms with Gasteiger partial charge in [-0.15, -0.1) is 0 Å². The van der Waals surface area contributed by atoms with Crippen molar-refractivity contribution in [3.8, 4) is 28.7 Å². The lowest BCUT2D eigenvalue weighted by Crippen LogP contribution is -2.60. The molecule has 4 rings (SSSR count). The quantitative estimate of drug-likeness (QED) is 0.480. The van der Waals surface area contributed by atoms with E-state index in [1.807, 2.05) is 42.5 Å². The summed E-state index contributed by atoms with van der Waals surface area (Å²) in [5.74, 6) is 1.23. The first-order valence-corrected chi connectivity index (χ1v) is 11.1. The van der Waals surface area contributed by atoms with Gasteiger partial charge in [0.15, 0.2) is 11.5 Å². The van der Waals surface area contributed by atoms with Gasteiger partial charge in [0, 0.05) is 24.7 Å². The normalized spacial score (nSPS) is 17.6. The van der Waals surface area contributed by atoms with Gasteiger partial charge >= 0.3 is 5.97 Å². The van der Waals surface area contributed by atoms with E-state index in [1.165, 1.54) is 14.2 Å². The zero-order chi connectivity index (χ0) is 25.0. The largest absolute Gasteiger partial charge is 0.496 e. The molecule has 35 heavy (non-hydrogen) atoms. The Labute approximate surface area is 204 Å². The van der Waals surface area contributed by atoms with Gasteiger partial charge in [0.1, 0.15) is 22.8 Å². The average Bonchev–Trinajstić information content (AvgIpc) is 2.90. The van der Waals surface area contributed by atoms with Gasteiger partial charge in [-0.25, -0.2) is 4.79 Å². The second-order valence-corrected chi connectivity index (χ2v) is 8.10. The highest BCUT2D eigenvalue weighted by molar-refractivity contribution is 5.78. The monoisotopic (exact) mass is 479 g/mol. The van der Waals surface area contributed by atoms with Crippen LogP contribution in [0, 0.1) is 0 Å². The molecule has 8 nitrogen and oxygen atoms in total. The predicted octanol–water partition coefficient (Wildman–Crippen LogP) is 3.64. The van der Waals surface area contributed by atoms with Crippen molar-refractivity contribution in [2.45, 2.75) is 18.1 Å². The number of fused-ring (bicyclic) bond motifs is 1. The zero-order valence-corrected chi connectivity index (χ0v) is 20.2. The van der Waals surface area contributed by atoms with Crippen LogP contribution in [-0.4, -0.2) is 52.2 Å². The molecule has 0 fully saturated rings. The summed E-state index contributed by atoms with van der Waals surface area (Å²) in [5.41, 5.74) is 1.21. The molecule has 0 aromatic heterocycles. The lowest BCUT2D eigenvalue weighted by Gasteiger charge is -2.44. The Hall–Kier alpha value is -3.91. The molecule has 3 aromatic rings. The Morgan fingerprint density at radius 3 is 2.03 bits per heavy atom. The highest BCUT2D eigenvalue weighted by Gasteiger charge is 2.51. The smallest absolute Gasteiger partial charge is 0.347 e. The number of methoxy groups -OCH3 is 4. The van der Waals surface area contributed by atoms with Crippen LogP contribution in [0.25, 0.3) is 0 Å². The number of hydrogen-bond donors (Lipinski definition) is 2. The first-order chi connectivity index (χ1) is 17.0. The van der Waals surface area contributed by atoms with Gasteiger partial charge in [0.2, 0.25) is 6.10 Å². The maximum Gasteiger partial charge on any atom is 0.347 e. The van der Waals surface area contributed by atoms with Crippen LogP contribution in [0.1, 0.15) is 16.7 Å². The number of nitrogens with one attached hydrogen (secondary N) is 1. The molecule has 2 atom stereocenters. The number of carbonyl (C=O) groups is 1. The Morgan fingerprint density at radius 2 is 1.46 bits per heavy atom. The van der Waals surface area contributed by atoms with Crippen molar-refractivity contribution >= 4 is 5.97 Å². The lowest BCUT2D eigenvalue weighted by molar-refractivity contribution is -0.149. The molecule has 0 saturated heterocycles. The van der Waals surface area contributed by atoms with Crippen molar-refractivity contribution < 1.29 is 33.6 Å². The lowest BCUT2D eigenvalue weighted by atomic mass is 9.73. The highest BCUT2D eigenvalue weighted by atomic mass is 16.5. The fourth-order valence-corrected chi connectivity index (χ4v) is 4.64. The number of benzene rings is 3. The molecule has 1 aliphatic heterocycles. The van der Waals surface area contributed by atoms with Crippen LogP contribution in [0.3, 0.4) is 0 Å². The molecule has 3 aromatic carbocycles. The molecule has 0 saturated carbocycles. The Morgan fingerprint density at radius 1 is 0.857 bits per heavy atom. The molecule has 184 valence electrons. The van der Waals surface area contributed by atoms with Crippen molar-refractivity contribution in [3.05, 3.63) is 77.4 Å². The van der Waals surface area contributed by atoms with Gasteiger partial charge < -0.3 is 28.8 Å². The minimum atomic E-state index is -1.35. The second kappa shape index (κ2) is 10.1. The molecule has 0 spiro atoms. The van der Waals surface area contributed by atoms with E-state index in [2.05, 4.69) is 5.32 Å². The van der Waals surface area contributed by atoms with Crippen LogP contribution in [0.15, 0.2) is 60.7 Å². The van der Waals surface area contributed by atoms with E-state index in [4.69, 9.17) is 23.7 Å². The van der Waals surface area contributed by atoms with E-state index in [0.29, 0.717) is 41.7 Å². The number of ether oxygens (including phenoxy) is 5. The number of aliphatic carboxylic acids is 1. The summed E-state index contributed by atoms with van der Waals surface area (Å²) < 4.78 is 28.0. The molecular formula is C27H29NO7. The standard InChI is InChI=1S/C27H29NO7/c1-31-19-13-20(32-2)15-21(14-19)35-25(26(29)30)27(18-8-6-5-7-9-18)22-16-24(34-4)23(33-3)12-17(22)10-11-28-27/h5-9,12-16,25,28H,10-11H2,1-4H3,(H,29,30)/t25-,27+/m1/s1. The molecule has 1 heterocycles. The van der Waals surface area contributed by atoms with Crippen LogP contribution >= 0.6 is 0 Å². The molecule has 1 aliphatic rings. The van der Waals surface area contributed by atoms with E-state index in [0.717, 1.165) is 16.7 Å². The average molecular weight is 480 g/mol. The van der Waals surface area contributed by atoms with Crippen molar-refractivity contribution in [1.82, 2.24) is 5.32 Å². The van der Waals surface area contributed by atoms with E-state index >= 15 is 0 Å². The summed E-state index contributed by atoms with van der Waals surface area (Å²) in [5, 5.41) is 14.0. The third-order valence-electron chi connectivity index (χ3n) is 6.26. The van der Waals surface area contributed by atoms with Gasteiger partial charge in [0.05, 0.1) is 28.4 Å². The van der Waals surface area contributed by atoms with E-state index < -0.39 is 17.6 Å². The van der Waals surface area contributed by atoms with E-state index in [1.54, 1.807) is 32.4 Å². The number of rotatable bonds is 9. The molecule has 0 bridgehead atoms. The van der Waals surface area contributed by atoms with Gasteiger partial charge in [-0.05, 0) is 35.2 Å². The summed E-state index contributed by atoms with van der Waals surface area (Å²) in [7, 11) is 6.18. The molecule has 0 amide bonds. The zero-order valence-electron chi connectivity index (χ0n) is 20.2. The predicted molar refractivity (Wildman–Crippen MR) is 130 cm³/mol. The van der Waals surface area contributed by atoms with Crippen molar-refractivity contribution in [2.24, 2.45) is 0 Å². The first kappa shape index (κ1) is 24.2. The van der Waals surface area contributed by atoms with Crippen molar-refractivity contribution in [1.29, 1.82) is 0 Å².